The monoisotopic (exact) mass is 640 g/mol. The summed E-state index contributed by atoms with van der Waals surface area (Å²) in [5.74, 6) is 0.192. The van der Waals surface area contributed by atoms with E-state index in [0.29, 0.717) is 18.8 Å². The summed E-state index contributed by atoms with van der Waals surface area (Å²) in [6.07, 6.45) is 11.1. The number of carbonyl (C=O) groups excluding carboxylic acids is 2. The molecular weight excluding hydrogens is 592 g/mol. The van der Waals surface area contributed by atoms with Crippen molar-refractivity contribution in [2.75, 3.05) is 32.9 Å². The zero-order valence-electron chi connectivity index (χ0n) is 28.2. The summed E-state index contributed by atoms with van der Waals surface area (Å²) in [6, 6.07) is 15.0. The summed E-state index contributed by atoms with van der Waals surface area (Å²) in [7, 11) is 1.90. The molecule has 0 bridgehead atoms. The van der Waals surface area contributed by atoms with Gasteiger partial charge < -0.3 is 18.8 Å². The summed E-state index contributed by atoms with van der Waals surface area (Å²) in [4.78, 5) is 36.3. The van der Waals surface area contributed by atoms with Crippen molar-refractivity contribution in [3.8, 4) is 5.75 Å². The Morgan fingerprint density at radius 2 is 1.96 bits per heavy atom. The molecule has 1 fully saturated rings. The highest BCUT2D eigenvalue weighted by Crippen LogP contribution is 2.28. The van der Waals surface area contributed by atoms with Crippen molar-refractivity contribution < 1.29 is 23.8 Å². The van der Waals surface area contributed by atoms with Crippen LogP contribution in [0.2, 0.25) is 0 Å². The second-order valence-corrected chi connectivity index (χ2v) is 12.8. The van der Waals surface area contributed by atoms with Crippen LogP contribution in [-0.2, 0) is 45.5 Å². The van der Waals surface area contributed by atoms with E-state index in [-0.39, 0.29) is 44.1 Å². The number of fused-ring (bicyclic) bond motifs is 1. The highest BCUT2D eigenvalue weighted by Gasteiger charge is 2.30. The number of carbonyl (C=O) groups is 2. The number of pyridine rings is 1. The van der Waals surface area contributed by atoms with Gasteiger partial charge in [-0.05, 0) is 79.3 Å². The van der Waals surface area contributed by atoms with Gasteiger partial charge in [0.05, 0.1) is 24.5 Å². The molecule has 2 aromatic carbocycles. The summed E-state index contributed by atoms with van der Waals surface area (Å²) in [6.45, 7) is 9.31. The summed E-state index contributed by atoms with van der Waals surface area (Å²) < 4.78 is 19.1. The predicted molar refractivity (Wildman–Crippen MR) is 182 cm³/mol. The number of likely N-dealkylation sites (tertiary alicyclic amines) is 1. The number of hydrogen-bond donors (Lipinski definition) is 0. The van der Waals surface area contributed by atoms with E-state index in [4.69, 9.17) is 14.2 Å². The Bertz CT molecular complexity index is 1630. The molecule has 1 aliphatic rings. The van der Waals surface area contributed by atoms with Crippen molar-refractivity contribution in [2.45, 2.75) is 59.4 Å². The standard InChI is InChI=1S/C38H48N4O5/c1-5-34(32(25-47-37(43)6-2)20-33-24-41(4)26-40-33)38(44)46-17-16-45-36-19-28(11-10-27(36)3)22-42-15-13-29(23-42)18-30-8-7-9-31-21-39-14-12-35(30)31/h7-12,14,19,21,24,26,29,32,34H,5-6,13,15-18,20,22-23,25H2,1-4H3/t29-,32-,34-/m0/s1. The van der Waals surface area contributed by atoms with Crippen molar-refractivity contribution in [1.82, 2.24) is 19.4 Å². The van der Waals surface area contributed by atoms with Gasteiger partial charge in [0.2, 0.25) is 0 Å². The fourth-order valence-electron chi connectivity index (χ4n) is 6.61. The van der Waals surface area contributed by atoms with Gasteiger partial charge in [0.25, 0.3) is 0 Å². The minimum atomic E-state index is -0.423. The molecule has 0 saturated carbocycles. The van der Waals surface area contributed by atoms with Gasteiger partial charge in [-0.1, -0.05) is 44.2 Å². The number of hydrogen-bond acceptors (Lipinski definition) is 8. The molecule has 3 atom stereocenters. The van der Waals surface area contributed by atoms with Crippen molar-refractivity contribution >= 4 is 22.7 Å². The molecule has 0 amide bonds. The maximum atomic E-state index is 13.2. The largest absolute Gasteiger partial charge is 0.490 e. The minimum Gasteiger partial charge on any atom is -0.490 e. The van der Waals surface area contributed by atoms with Crippen LogP contribution in [0.4, 0.5) is 0 Å². The molecule has 9 nitrogen and oxygen atoms in total. The molecule has 5 rings (SSSR count). The normalized spacial score (nSPS) is 16.2. The molecule has 4 aromatic rings. The van der Waals surface area contributed by atoms with Gasteiger partial charge in [0.15, 0.2) is 0 Å². The zero-order chi connectivity index (χ0) is 33.2. The van der Waals surface area contributed by atoms with Crippen LogP contribution in [0.25, 0.3) is 10.8 Å². The Labute approximate surface area is 278 Å². The number of imidazole rings is 1. The Morgan fingerprint density at radius 3 is 2.74 bits per heavy atom. The molecule has 0 unspecified atom stereocenters. The number of aryl methyl sites for hydroxylation is 2. The van der Waals surface area contributed by atoms with E-state index < -0.39 is 5.92 Å². The van der Waals surface area contributed by atoms with Crippen LogP contribution in [0.15, 0.2) is 67.4 Å². The highest BCUT2D eigenvalue weighted by atomic mass is 16.6. The number of esters is 2. The molecule has 0 N–H and O–H groups in total. The van der Waals surface area contributed by atoms with Crippen LogP contribution in [0.1, 0.15) is 55.5 Å². The molecule has 0 spiro atoms. The van der Waals surface area contributed by atoms with Gasteiger partial charge in [-0.25, -0.2) is 4.98 Å². The van der Waals surface area contributed by atoms with Crippen molar-refractivity contribution in [3.63, 3.8) is 0 Å². The van der Waals surface area contributed by atoms with Crippen molar-refractivity contribution in [1.29, 1.82) is 0 Å². The molecule has 3 heterocycles. The van der Waals surface area contributed by atoms with E-state index in [1.165, 1.54) is 28.3 Å². The maximum absolute atomic E-state index is 13.2. The lowest BCUT2D eigenvalue weighted by Crippen LogP contribution is -2.32. The molecule has 250 valence electrons. The minimum absolute atomic E-state index is 0.141. The Kier molecular flexibility index (Phi) is 12.0. The van der Waals surface area contributed by atoms with Gasteiger partial charge >= 0.3 is 11.9 Å². The lowest BCUT2D eigenvalue weighted by Gasteiger charge is -2.24. The van der Waals surface area contributed by atoms with E-state index in [0.717, 1.165) is 43.1 Å². The lowest BCUT2D eigenvalue weighted by molar-refractivity contribution is -0.155. The molecule has 1 aliphatic heterocycles. The number of benzene rings is 2. The van der Waals surface area contributed by atoms with Gasteiger partial charge in [-0.2, -0.15) is 0 Å². The summed E-state index contributed by atoms with van der Waals surface area (Å²) in [5, 5.41) is 2.51. The molecule has 0 radical (unpaired) electrons. The van der Waals surface area contributed by atoms with Gasteiger partial charge in [0.1, 0.15) is 19.0 Å². The van der Waals surface area contributed by atoms with Gasteiger partial charge in [-0.15, -0.1) is 0 Å². The van der Waals surface area contributed by atoms with Crippen LogP contribution in [0.3, 0.4) is 0 Å². The smallest absolute Gasteiger partial charge is 0.309 e. The molecular formula is C38H48N4O5. The van der Waals surface area contributed by atoms with E-state index in [2.05, 4.69) is 57.3 Å². The first-order valence-corrected chi connectivity index (χ1v) is 16.9. The Balaban J connectivity index is 1.11. The Hall–Kier alpha value is -4.24. The number of nitrogens with zero attached hydrogens (tertiary/aromatic N) is 4. The molecule has 1 saturated heterocycles. The summed E-state index contributed by atoms with van der Waals surface area (Å²) >= 11 is 0. The maximum Gasteiger partial charge on any atom is 0.309 e. The number of ether oxygens (including phenoxy) is 3. The van der Waals surface area contributed by atoms with Crippen LogP contribution in [-0.4, -0.2) is 64.3 Å². The van der Waals surface area contributed by atoms with Crippen LogP contribution >= 0.6 is 0 Å². The second kappa shape index (κ2) is 16.5. The van der Waals surface area contributed by atoms with Gasteiger partial charge in [0, 0.05) is 56.5 Å². The third-order valence-electron chi connectivity index (χ3n) is 9.18. The third kappa shape index (κ3) is 9.41. The first-order chi connectivity index (χ1) is 22.8. The fraction of sp³-hybridized carbons (Fsp3) is 0.474. The third-order valence-corrected chi connectivity index (χ3v) is 9.18. The molecule has 0 aliphatic carbocycles. The average Bonchev–Trinajstić information content (AvgIpc) is 3.71. The topological polar surface area (TPSA) is 95.8 Å². The SMILES string of the molecule is CCC(=O)OC[C@H](Cc1cn(C)cn1)[C@H](CC)C(=O)OCCOc1cc(CN2CC[C@@H](Cc3cccc4cnccc34)C2)ccc1C. The number of rotatable bonds is 16. The van der Waals surface area contributed by atoms with E-state index >= 15 is 0 Å². The second-order valence-electron chi connectivity index (χ2n) is 12.8. The first-order valence-electron chi connectivity index (χ1n) is 16.9. The van der Waals surface area contributed by atoms with Crippen molar-refractivity contribution in [3.05, 3.63) is 89.8 Å². The number of aromatic nitrogens is 3. The summed E-state index contributed by atoms with van der Waals surface area (Å²) in [5.41, 5.74) is 4.51. The Morgan fingerprint density at radius 1 is 1.09 bits per heavy atom. The van der Waals surface area contributed by atoms with E-state index in [1.54, 1.807) is 13.3 Å². The predicted octanol–water partition coefficient (Wildman–Crippen LogP) is 6.10. The molecule has 47 heavy (non-hydrogen) atoms. The molecule has 2 aromatic heterocycles. The van der Waals surface area contributed by atoms with Crippen LogP contribution < -0.4 is 4.74 Å². The van der Waals surface area contributed by atoms with Gasteiger partial charge in [-0.3, -0.25) is 19.5 Å². The highest BCUT2D eigenvalue weighted by molar-refractivity contribution is 5.84. The van der Waals surface area contributed by atoms with Crippen LogP contribution in [0.5, 0.6) is 5.75 Å². The average molecular weight is 641 g/mol. The fourth-order valence-corrected chi connectivity index (χ4v) is 6.61. The zero-order valence-corrected chi connectivity index (χ0v) is 28.2. The quantitative estimate of drug-likeness (QED) is 0.107. The lowest BCUT2D eigenvalue weighted by atomic mass is 9.87. The van der Waals surface area contributed by atoms with Crippen molar-refractivity contribution in [2.24, 2.45) is 24.8 Å². The van der Waals surface area contributed by atoms with Crippen LogP contribution in [0, 0.1) is 24.7 Å². The van der Waals surface area contributed by atoms with E-state index in [9.17, 15) is 9.59 Å². The van der Waals surface area contributed by atoms with E-state index in [1.807, 2.05) is 44.1 Å². The first kappa shape index (κ1) is 34.1. The molecule has 9 heteroatoms.